The topological polar surface area (TPSA) is 75.2 Å². The minimum atomic E-state index is -1.18. The van der Waals surface area contributed by atoms with Crippen molar-refractivity contribution in [3.05, 3.63) is 29.3 Å². The molecular formula is C12H11FN2O3. The zero-order valence-corrected chi connectivity index (χ0v) is 9.44. The van der Waals surface area contributed by atoms with Crippen LogP contribution in [0.4, 0.5) is 4.39 Å². The summed E-state index contributed by atoms with van der Waals surface area (Å²) in [4.78, 5) is 18.3. The number of carboxylic acid groups (broad SMARTS) is 1. The van der Waals surface area contributed by atoms with Gasteiger partial charge in [0.2, 0.25) is 0 Å². The van der Waals surface area contributed by atoms with Crippen molar-refractivity contribution < 1.29 is 19.0 Å². The minimum Gasteiger partial charge on any atom is -0.478 e. The van der Waals surface area contributed by atoms with Crippen LogP contribution in [0.15, 0.2) is 12.1 Å². The molecule has 1 fully saturated rings. The summed E-state index contributed by atoms with van der Waals surface area (Å²) in [6.07, 6.45) is 0.838. The third kappa shape index (κ3) is 1.74. The molecule has 0 aliphatic carbocycles. The van der Waals surface area contributed by atoms with E-state index < -0.39 is 11.8 Å². The SMILES string of the molecule is O=C(O)c1cc(F)cc2[nH]c(C3CCOC3)nc12. The average Bonchev–Trinajstić information content (AvgIpc) is 2.95. The third-order valence-electron chi connectivity index (χ3n) is 3.12. The van der Waals surface area contributed by atoms with Crippen LogP contribution in [-0.2, 0) is 4.74 Å². The molecular weight excluding hydrogens is 239 g/mol. The van der Waals surface area contributed by atoms with Gasteiger partial charge in [-0.1, -0.05) is 0 Å². The van der Waals surface area contributed by atoms with Crippen LogP contribution in [0.1, 0.15) is 28.5 Å². The number of nitrogens with one attached hydrogen (secondary N) is 1. The number of aromatic carboxylic acids is 1. The third-order valence-corrected chi connectivity index (χ3v) is 3.12. The van der Waals surface area contributed by atoms with Gasteiger partial charge in [-0.25, -0.2) is 14.2 Å². The fourth-order valence-corrected chi connectivity index (χ4v) is 2.21. The number of carboxylic acids is 1. The first-order valence-corrected chi connectivity index (χ1v) is 5.65. The molecule has 0 spiro atoms. The van der Waals surface area contributed by atoms with E-state index in [0.29, 0.717) is 30.1 Å². The Morgan fingerprint density at radius 1 is 1.56 bits per heavy atom. The molecule has 1 unspecified atom stereocenters. The van der Waals surface area contributed by atoms with Gasteiger partial charge in [0.15, 0.2) is 0 Å². The normalized spacial score (nSPS) is 19.5. The monoisotopic (exact) mass is 250 g/mol. The summed E-state index contributed by atoms with van der Waals surface area (Å²) in [5, 5.41) is 9.04. The fourth-order valence-electron chi connectivity index (χ4n) is 2.21. The van der Waals surface area contributed by atoms with Crippen molar-refractivity contribution in [3.63, 3.8) is 0 Å². The van der Waals surface area contributed by atoms with Crippen molar-refractivity contribution in [2.75, 3.05) is 13.2 Å². The van der Waals surface area contributed by atoms with E-state index in [1.54, 1.807) is 0 Å². The molecule has 3 rings (SSSR count). The maximum atomic E-state index is 13.3. The van der Waals surface area contributed by atoms with Crippen LogP contribution in [-0.4, -0.2) is 34.3 Å². The molecule has 2 aromatic rings. The summed E-state index contributed by atoms with van der Waals surface area (Å²) in [5.41, 5.74) is 0.589. The number of hydrogen-bond acceptors (Lipinski definition) is 3. The van der Waals surface area contributed by atoms with Crippen LogP contribution < -0.4 is 0 Å². The van der Waals surface area contributed by atoms with Gasteiger partial charge < -0.3 is 14.8 Å². The Hall–Kier alpha value is -1.95. The van der Waals surface area contributed by atoms with Crippen molar-refractivity contribution in [1.82, 2.24) is 9.97 Å². The Balaban J connectivity index is 2.15. The number of imidazole rings is 1. The van der Waals surface area contributed by atoms with E-state index in [9.17, 15) is 9.18 Å². The molecule has 1 aliphatic heterocycles. The molecule has 1 aromatic heterocycles. The van der Waals surface area contributed by atoms with Gasteiger partial charge >= 0.3 is 5.97 Å². The van der Waals surface area contributed by atoms with E-state index in [1.807, 2.05) is 0 Å². The van der Waals surface area contributed by atoms with E-state index in [-0.39, 0.29) is 11.5 Å². The molecule has 1 atom stereocenters. The molecule has 2 N–H and O–H groups in total. The van der Waals surface area contributed by atoms with Gasteiger partial charge in [0.1, 0.15) is 17.2 Å². The van der Waals surface area contributed by atoms with Gasteiger partial charge in [-0.3, -0.25) is 0 Å². The van der Waals surface area contributed by atoms with Gasteiger partial charge in [-0.15, -0.1) is 0 Å². The molecule has 1 saturated heterocycles. The Bertz CT molecular complexity index is 617. The fraction of sp³-hybridized carbons (Fsp3) is 0.333. The van der Waals surface area contributed by atoms with Gasteiger partial charge in [-0.05, 0) is 18.6 Å². The van der Waals surface area contributed by atoms with Crippen LogP contribution in [0, 0.1) is 5.82 Å². The Morgan fingerprint density at radius 3 is 3.06 bits per heavy atom. The second-order valence-corrected chi connectivity index (χ2v) is 4.34. The van der Waals surface area contributed by atoms with Crippen molar-refractivity contribution in [2.24, 2.45) is 0 Å². The number of aromatic nitrogens is 2. The van der Waals surface area contributed by atoms with Crippen LogP contribution in [0.5, 0.6) is 0 Å². The summed E-state index contributed by atoms with van der Waals surface area (Å²) in [5.74, 6) is -0.976. The summed E-state index contributed by atoms with van der Waals surface area (Å²) in [7, 11) is 0. The van der Waals surface area contributed by atoms with E-state index in [2.05, 4.69) is 9.97 Å². The first-order chi connectivity index (χ1) is 8.65. The predicted octanol–water partition coefficient (Wildman–Crippen LogP) is 1.90. The smallest absolute Gasteiger partial charge is 0.338 e. The number of fused-ring (bicyclic) bond motifs is 1. The highest BCUT2D eigenvalue weighted by Crippen LogP contribution is 2.26. The van der Waals surface area contributed by atoms with E-state index in [4.69, 9.17) is 9.84 Å². The maximum Gasteiger partial charge on any atom is 0.338 e. The number of benzene rings is 1. The standard InChI is InChI=1S/C12H11FN2O3/c13-7-3-8(12(16)17)10-9(4-7)14-11(15-10)6-1-2-18-5-6/h3-4,6H,1-2,5H2,(H,14,15)(H,16,17). The molecule has 5 nitrogen and oxygen atoms in total. The molecule has 1 aromatic carbocycles. The van der Waals surface area contributed by atoms with Crippen LogP contribution >= 0.6 is 0 Å². The molecule has 1 aliphatic rings. The quantitative estimate of drug-likeness (QED) is 0.853. The first kappa shape index (κ1) is 11.2. The van der Waals surface area contributed by atoms with Crippen LogP contribution in [0.3, 0.4) is 0 Å². The second-order valence-electron chi connectivity index (χ2n) is 4.34. The van der Waals surface area contributed by atoms with E-state index >= 15 is 0 Å². The highest BCUT2D eigenvalue weighted by atomic mass is 19.1. The van der Waals surface area contributed by atoms with Gasteiger partial charge in [-0.2, -0.15) is 0 Å². The Morgan fingerprint density at radius 2 is 2.39 bits per heavy atom. The first-order valence-electron chi connectivity index (χ1n) is 5.65. The molecule has 0 amide bonds. The number of rotatable bonds is 2. The average molecular weight is 250 g/mol. The number of H-pyrrole nitrogens is 1. The van der Waals surface area contributed by atoms with E-state index in [0.717, 1.165) is 12.5 Å². The lowest BCUT2D eigenvalue weighted by molar-refractivity contribution is 0.0698. The molecule has 6 heteroatoms. The Labute approximate surface area is 102 Å². The van der Waals surface area contributed by atoms with Crippen molar-refractivity contribution in [3.8, 4) is 0 Å². The zero-order valence-electron chi connectivity index (χ0n) is 9.44. The number of aromatic amines is 1. The summed E-state index contributed by atoms with van der Waals surface area (Å²) in [6, 6.07) is 2.24. The highest BCUT2D eigenvalue weighted by Gasteiger charge is 2.23. The largest absolute Gasteiger partial charge is 0.478 e. The zero-order chi connectivity index (χ0) is 12.7. The van der Waals surface area contributed by atoms with Crippen molar-refractivity contribution >= 4 is 17.0 Å². The summed E-state index contributed by atoms with van der Waals surface area (Å²) >= 11 is 0. The number of halogens is 1. The van der Waals surface area contributed by atoms with E-state index in [1.165, 1.54) is 6.07 Å². The summed E-state index contributed by atoms with van der Waals surface area (Å²) in [6.45, 7) is 1.23. The summed E-state index contributed by atoms with van der Waals surface area (Å²) < 4.78 is 18.6. The number of nitrogens with zero attached hydrogens (tertiary/aromatic N) is 1. The van der Waals surface area contributed by atoms with Gasteiger partial charge in [0.25, 0.3) is 0 Å². The second kappa shape index (κ2) is 4.06. The molecule has 2 heterocycles. The van der Waals surface area contributed by atoms with Crippen LogP contribution in [0.2, 0.25) is 0 Å². The Kier molecular flexibility index (Phi) is 2.52. The number of hydrogen-bond donors (Lipinski definition) is 2. The lowest BCUT2D eigenvalue weighted by Crippen LogP contribution is -2.00. The molecule has 0 saturated carbocycles. The molecule has 0 radical (unpaired) electrons. The number of carbonyl (C=O) groups is 1. The van der Waals surface area contributed by atoms with Gasteiger partial charge in [0, 0.05) is 12.5 Å². The van der Waals surface area contributed by atoms with Crippen molar-refractivity contribution in [2.45, 2.75) is 12.3 Å². The van der Waals surface area contributed by atoms with Crippen molar-refractivity contribution in [1.29, 1.82) is 0 Å². The molecule has 0 bridgehead atoms. The lowest BCUT2D eigenvalue weighted by Gasteiger charge is -2.00. The number of ether oxygens (including phenoxy) is 1. The predicted molar refractivity (Wildman–Crippen MR) is 61.2 cm³/mol. The highest BCUT2D eigenvalue weighted by molar-refractivity contribution is 6.01. The van der Waals surface area contributed by atoms with Crippen LogP contribution in [0.25, 0.3) is 11.0 Å². The molecule has 18 heavy (non-hydrogen) atoms. The minimum absolute atomic E-state index is 0.119. The van der Waals surface area contributed by atoms with Gasteiger partial charge in [0.05, 0.1) is 17.7 Å². The maximum absolute atomic E-state index is 13.3. The molecule has 94 valence electrons. The lowest BCUT2D eigenvalue weighted by atomic mass is 10.1.